The molecule has 4 heteroatoms. The van der Waals surface area contributed by atoms with Crippen LogP contribution in [-0.2, 0) is 0 Å². The van der Waals surface area contributed by atoms with E-state index in [0.29, 0.717) is 22.5 Å². The maximum Gasteiger partial charge on any atom is 0.124 e. The summed E-state index contributed by atoms with van der Waals surface area (Å²) < 4.78 is 0. The van der Waals surface area contributed by atoms with Gasteiger partial charge in [-0.05, 0) is 80.2 Å². The van der Waals surface area contributed by atoms with Crippen molar-refractivity contribution in [2.24, 2.45) is 9.98 Å². The van der Waals surface area contributed by atoms with Gasteiger partial charge in [0, 0.05) is 23.6 Å². The van der Waals surface area contributed by atoms with Crippen molar-refractivity contribution in [3.63, 3.8) is 0 Å². The summed E-state index contributed by atoms with van der Waals surface area (Å²) in [6, 6.07) is 47.7. The van der Waals surface area contributed by atoms with E-state index in [-0.39, 0.29) is 11.5 Å². The Hall–Kier alpha value is -6.00. The molecule has 0 amide bonds. The lowest BCUT2D eigenvalue weighted by Crippen LogP contribution is -1.88. The average Bonchev–Trinajstić information content (AvgIpc) is 3.08. The van der Waals surface area contributed by atoms with Crippen LogP contribution in [-0.4, -0.2) is 22.6 Å². The number of para-hydroxylation sites is 2. The number of nitrogens with zero attached hydrogens (tertiary/aromatic N) is 2. The summed E-state index contributed by atoms with van der Waals surface area (Å²) in [5.41, 5.74) is 7.07. The Morgan fingerprint density at radius 2 is 0.795 bits per heavy atom. The topological polar surface area (TPSA) is 65.2 Å². The van der Waals surface area contributed by atoms with E-state index in [4.69, 9.17) is 9.98 Å². The Labute approximate surface area is 255 Å². The number of phenolic OH excluding ortho intramolecular Hbond substituents is 2. The molecule has 210 valence electrons. The van der Waals surface area contributed by atoms with Gasteiger partial charge in [-0.2, -0.15) is 0 Å². The molecule has 0 radical (unpaired) electrons. The van der Waals surface area contributed by atoms with E-state index in [1.807, 2.05) is 84.9 Å². The summed E-state index contributed by atoms with van der Waals surface area (Å²) >= 11 is 0. The fourth-order valence-corrected chi connectivity index (χ4v) is 5.53. The lowest BCUT2D eigenvalue weighted by Gasteiger charge is -2.09. The van der Waals surface area contributed by atoms with Gasteiger partial charge in [-0.25, -0.2) is 0 Å². The standard InChI is InChI=1S/C40H28N2O2/c43-39-21-17-31-23-29(27-9-3-1-4-10-27)15-19-33(31)35(39)25-41-37-13-7-8-14-38(37)42-26-36-34-20-16-30(28-11-5-2-6-12-28)24-32(34)18-22-40(36)44/h1-26,43-44H. The Kier molecular flexibility index (Phi) is 7.15. The third-order valence-electron chi connectivity index (χ3n) is 7.84. The predicted molar refractivity (Wildman–Crippen MR) is 183 cm³/mol. The number of hydrogen-bond donors (Lipinski definition) is 2. The molecule has 0 saturated carbocycles. The predicted octanol–water partition coefficient (Wildman–Crippen LogP) is 10.2. The minimum absolute atomic E-state index is 0.158. The van der Waals surface area contributed by atoms with Crippen molar-refractivity contribution in [2.45, 2.75) is 0 Å². The molecule has 4 nitrogen and oxygen atoms in total. The van der Waals surface area contributed by atoms with Crippen LogP contribution in [0, 0.1) is 0 Å². The van der Waals surface area contributed by atoms with E-state index in [1.165, 1.54) is 0 Å². The second-order valence-electron chi connectivity index (χ2n) is 10.6. The number of hydrogen-bond acceptors (Lipinski definition) is 4. The third kappa shape index (κ3) is 5.33. The van der Waals surface area contributed by atoms with Gasteiger partial charge in [0.15, 0.2) is 0 Å². The van der Waals surface area contributed by atoms with E-state index in [1.54, 1.807) is 24.6 Å². The highest BCUT2D eigenvalue weighted by Gasteiger charge is 2.10. The molecule has 0 heterocycles. The van der Waals surface area contributed by atoms with Crippen LogP contribution in [0.5, 0.6) is 11.5 Å². The van der Waals surface area contributed by atoms with Gasteiger partial charge in [0.25, 0.3) is 0 Å². The number of phenols is 2. The summed E-state index contributed by atoms with van der Waals surface area (Å²) in [5, 5.41) is 25.4. The van der Waals surface area contributed by atoms with Gasteiger partial charge in [-0.3, -0.25) is 9.98 Å². The van der Waals surface area contributed by atoms with Crippen molar-refractivity contribution in [2.75, 3.05) is 0 Å². The second-order valence-corrected chi connectivity index (χ2v) is 10.6. The molecular formula is C40H28N2O2. The smallest absolute Gasteiger partial charge is 0.124 e. The minimum atomic E-state index is 0.158. The summed E-state index contributed by atoms with van der Waals surface area (Å²) in [5.74, 6) is 0.315. The molecule has 0 spiro atoms. The van der Waals surface area contributed by atoms with Gasteiger partial charge in [-0.1, -0.05) is 109 Å². The highest BCUT2D eigenvalue weighted by atomic mass is 16.3. The quantitative estimate of drug-likeness (QED) is 0.196. The lowest BCUT2D eigenvalue weighted by atomic mass is 9.98. The van der Waals surface area contributed by atoms with Gasteiger partial charge >= 0.3 is 0 Å². The van der Waals surface area contributed by atoms with Gasteiger partial charge < -0.3 is 10.2 Å². The largest absolute Gasteiger partial charge is 0.507 e. The summed E-state index contributed by atoms with van der Waals surface area (Å²) in [6.07, 6.45) is 3.38. The first-order chi connectivity index (χ1) is 21.6. The summed E-state index contributed by atoms with van der Waals surface area (Å²) in [6.45, 7) is 0. The number of fused-ring (bicyclic) bond motifs is 2. The van der Waals surface area contributed by atoms with Gasteiger partial charge in [0.2, 0.25) is 0 Å². The fourth-order valence-electron chi connectivity index (χ4n) is 5.53. The second kappa shape index (κ2) is 11.7. The van der Waals surface area contributed by atoms with Crippen molar-refractivity contribution in [1.82, 2.24) is 0 Å². The summed E-state index contributed by atoms with van der Waals surface area (Å²) in [7, 11) is 0. The molecule has 0 aliphatic carbocycles. The maximum absolute atomic E-state index is 10.8. The molecule has 0 aliphatic rings. The number of aliphatic imine (C=N–C) groups is 2. The van der Waals surface area contributed by atoms with Gasteiger partial charge in [0.05, 0.1) is 11.4 Å². The summed E-state index contributed by atoms with van der Waals surface area (Å²) in [4.78, 5) is 9.50. The molecule has 0 unspecified atom stereocenters. The molecule has 2 N–H and O–H groups in total. The van der Waals surface area contributed by atoms with Crippen LogP contribution < -0.4 is 0 Å². The average molecular weight is 569 g/mol. The molecule has 0 atom stereocenters. The molecule has 0 bridgehead atoms. The van der Waals surface area contributed by atoms with Crippen LogP contribution in [0.1, 0.15) is 11.1 Å². The van der Waals surface area contributed by atoms with E-state index in [2.05, 4.69) is 48.5 Å². The van der Waals surface area contributed by atoms with Crippen LogP contribution in [0.3, 0.4) is 0 Å². The van der Waals surface area contributed by atoms with E-state index >= 15 is 0 Å². The minimum Gasteiger partial charge on any atom is -0.507 e. The Bertz CT molecular complexity index is 2030. The van der Waals surface area contributed by atoms with Crippen molar-refractivity contribution in [3.05, 3.63) is 157 Å². The van der Waals surface area contributed by atoms with Crippen molar-refractivity contribution in [3.8, 4) is 33.8 Å². The molecule has 0 aromatic heterocycles. The molecule has 0 aliphatic heterocycles. The van der Waals surface area contributed by atoms with Crippen LogP contribution >= 0.6 is 0 Å². The van der Waals surface area contributed by atoms with Crippen LogP contribution in [0.2, 0.25) is 0 Å². The van der Waals surface area contributed by atoms with E-state index < -0.39 is 0 Å². The molecule has 0 saturated heterocycles. The maximum atomic E-state index is 10.8. The first-order valence-corrected chi connectivity index (χ1v) is 14.4. The highest BCUT2D eigenvalue weighted by molar-refractivity contribution is 6.06. The molecule has 0 fully saturated rings. The van der Waals surface area contributed by atoms with E-state index in [0.717, 1.165) is 43.8 Å². The number of rotatable bonds is 6. The zero-order valence-electron chi connectivity index (χ0n) is 23.8. The molecule has 7 aromatic rings. The normalized spacial score (nSPS) is 11.6. The van der Waals surface area contributed by atoms with Crippen LogP contribution in [0.15, 0.2) is 156 Å². The Balaban J connectivity index is 1.22. The number of aromatic hydroxyl groups is 2. The Morgan fingerprint density at radius 3 is 1.23 bits per heavy atom. The molecule has 7 rings (SSSR count). The lowest BCUT2D eigenvalue weighted by molar-refractivity contribution is 0.475. The molecule has 7 aromatic carbocycles. The van der Waals surface area contributed by atoms with Gasteiger partial charge in [0.1, 0.15) is 11.5 Å². The molecule has 44 heavy (non-hydrogen) atoms. The van der Waals surface area contributed by atoms with Gasteiger partial charge in [-0.15, -0.1) is 0 Å². The van der Waals surface area contributed by atoms with Crippen molar-refractivity contribution >= 4 is 45.3 Å². The van der Waals surface area contributed by atoms with E-state index in [9.17, 15) is 10.2 Å². The van der Waals surface area contributed by atoms with Crippen molar-refractivity contribution < 1.29 is 10.2 Å². The van der Waals surface area contributed by atoms with Crippen LogP contribution in [0.4, 0.5) is 11.4 Å². The highest BCUT2D eigenvalue weighted by Crippen LogP contribution is 2.34. The third-order valence-corrected chi connectivity index (χ3v) is 7.84. The first kappa shape index (κ1) is 26.9. The first-order valence-electron chi connectivity index (χ1n) is 14.4. The van der Waals surface area contributed by atoms with Crippen molar-refractivity contribution in [1.29, 1.82) is 0 Å². The molecular weight excluding hydrogens is 540 g/mol. The fraction of sp³-hybridized carbons (Fsp3) is 0. The van der Waals surface area contributed by atoms with Crippen LogP contribution in [0.25, 0.3) is 43.8 Å². The SMILES string of the molecule is Oc1ccc2cc(-c3ccccc3)ccc2c1C=Nc1ccccc1N=Cc1c(O)ccc2cc(-c3ccccc3)ccc12. The zero-order chi connectivity index (χ0) is 29.9. The number of benzene rings is 7. The Morgan fingerprint density at radius 1 is 0.386 bits per heavy atom. The zero-order valence-corrected chi connectivity index (χ0v) is 23.8. The monoisotopic (exact) mass is 568 g/mol.